The third-order valence-electron chi connectivity index (χ3n) is 4.73. The molecule has 0 saturated carbocycles. The molecule has 2 saturated heterocycles. The predicted molar refractivity (Wildman–Crippen MR) is 92.7 cm³/mol. The summed E-state index contributed by atoms with van der Waals surface area (Å²) in [7, 11) is 0. The van der Waals surface area contributed by atoms with Crippen LogP contribution in [-0.4, -0.2) is 54.4 Å². The lowest BCUT2D eigenvalue weighted by atomic mass is 9.86. The maximum absolute atomic E-state index is 12.7. The molecule has 9 nitrogen and oxygen atoms in total. The van der Waals surface area contributed by atoms with E-state index >= 15 is 0 Å². The zero-order valence-electron chi connectivity index (χ0n) is 14.3. The number of carboxylic acid groups (broad SMARTS) is 1. The lowest BCUT2D eigenvalue weighted by Crippen LogP contribution is -2.78. The highest BCUT2D eigenvalue weighted by Crippen LogP contribution is 2.54. The molecule has 2 aliphatic rings. The first-order valence-electron chi connectivity index (χ1n) is 7.80. The van der Waals surface area contributed by atoms with E-state index in [1.165, 1.54) is 47.9 Å². The van der Waals surface area contributed by atoms with Crippen molar-refractivity contribution >= 4 is 35.2 Å². The zero-order valence-corrected chi connectivity index (χ0v) is 15.1. The first-order chi connectivity index (χ1) is 12.0. The van der Waals surface area contributed by atoms with Gasteiger partial charge in [-0.15, -0.1) is 11.8 Å². The number of nitrogens with zero attached hydrogens (tertiary/aromatic N) is 2. The van der Waals surface area contributed by atoms with Crippen LogP contribution in [0.15, 0.2) is 24.3 Å². The Bertz CT molecular complexity index is 841. The number of nitro groups is 1. The summed E-state index contributed by atoms with van der Waals surface area (Å²) in [5, 5.41) is 22.6. The molecule has 138 valence electrons. The van der Waals surface area contributed by atoms with E-state index in [9.17, 15) is 29.6 Å². The predicted octanol–water partition coefficient (Wildman–Crippen LogP) is 1.23. The molecule has 0 aliphatic carbocycles. The van der Waals surface area contributed by atoms with E-state index in [0.29, 0.717) is 0 Å². The standard InChI is InChI=1S/C16H17N3O6S/c1-15(2)10(12(21)22)18-13(23)16(3,14(18)26-15)17-11(20)8-6-4-5-7-9(8)19(24)25/h4-7,10,14H,1-3H3,(H,17,20)(H,21,22)/t10-,14+,16-/m0/s1. The number of rotatable bonds is 4. The smallest absolute Gasteiger partial charge is 0.327 e. The Balaban J connectivity index is 1.88. The maximum atomic E-state index is 12.7. The first kappa shape index (κ1) is 18.2. The van der Waals surface area contributed by atoms with Crippen LogP contribution in [0.1, 0.15) is 31.1 Å². The molecule has 3 rings (SSSR count). The van der Waals surface area contributed by atoms with E-state index in [-0.39, 0.29) is 11.3 Å². The van der Waals surface area contributed by atoms with Crippen LogP contribution in [0, 0.1) is 10.1 Å². The summed E-state index contributed by atoms with van der Waals surface area (Å²) >= 11 is 1.29. The summed E-state index contributed by atoms with van der Waals surface area (Å²) in [6, 6.07) is 4.46. The van der Waals surface area contributed by atoms with E-state index in [0.717, 1.165) is 0 Å². The van der Waals surface area contributed by atoms with E-state index < -0.39 is 44.4 Å². The maximum Gasteiger partial charge on any atom is 0.327 e. The number of fused-ring (bicyclic) bond motifs is 1. The second kappa shape index (κ2) is 5.70. The Morgan fingerprint density at radius 1 is 1.31 bits per heavy atom. The number of nitrogens with one attached hydrogen (secondary N) is 1. The van der Waals surface area contributed by atoms with Crippen molar-refractivity contribution in [2.24, 2.45) is 0 Å². The number of hydrogen-bond acceptors (Lipinski definition) is 6. The van der Waals surface area contributed by atoms with Gasteiger partial charge in [-0.3, -0.25) is 19.7 Å². The lowest BCUT2D eigenvalue weighted by Gasteiger charge is -2.51. The fourth-order valence-corrected chi connectivity index (χ4v) is 5.11. The van der Waals surface area contributed by atoms with Crippen molar-refractivity contribution in [2.45, 2.75) is 42.5 Å². The number of carboxylic acids is 1. The summed E-state index contributed by atoms with van der Waals surface area (Å²) in [4.78, 5) is 48.5. The Kier molecular flexibility index (Phi) is 3.98. The third-order valence-corrected chi connectivity index (χ3v) is 6.48. The molecule has 2 aliphatic heterocycles. The molecule has 2 N–H and O–H groups in total. The first-order valence-corrected chi connectivity index (χ1v) is 8.68. The Labute approximate surface area is 152 Å². The molecule has 1 aromatic carbocycles. The molecule has 0 spiro atoms. The highest BCUT2D eigenvalue weighted by molar-refractivity contribution is 8.01. The molecular formula is C16H17N3O6S. The highest BCUT2D eigenvalue weighted by atomic mass is 32.2. The minimum Gasteiger partial charge on any atom is -0.480 e. The van der Waals surface area contributed by atoms with Gasteiger partial charge in [0.1, 0.15) is 22.5 Å². The molecule has 10 heteroatoms. The summed E-state index contributed by atoms with van der Waals surface area (Å²) < 4.78 is -0.729. The van der Waals surface area contributed by atoms with Crippen LogP contribution in [0.3, 0.4) is 0 Å². The molecule has 0 aromatic heterocycles. The normalized spacial score (nSPS) is 28.9. The van der Waals surface area contributed by atoms with Crippen LogP contribution in [0.2, 0.25) is 0 Å². The monoisotopic (exact) mass is 379 g/mol. The van der Waals surface area contributed by atoms with Gasteiger partial charge in [-0.1, -0.05) is 12.1 Å². The van der Waals surface area contributed by atoms with Gasteiger partial charge in [0.15, 0.2) is 0 Å². The molecule has 2 amide bonds. The van der Waals surface area contributed by atoms with Crippen molar-refractivity contribution in [3.63, 3.8) is 0 Å². The van der Waals surface area contributed by atoms with Gasteiger partial charge in [0.2, 0.25) is 0 Å². The van der Waals surface area contributed by atoms with Crippen LogP contribution >= 0.6 is 11.8 Å². The minimum atomic E-state index is -1.33. The van der Waals surface area contributed by atoms with Crippen molar-refractivity contribution in [3.8, 4) is 0 Å². The van der Waals surface area contributed by atoms with Gasteiger partial charge in [-0.05, 0) is 26.8 Å². The third kappa shape index (κ3) is 2.44. The fraction of sp³-hybridized carbons (Fsp3) is 0.438. The van der Waals surface area contributed by atoms with Crippen molar-refractivity contribution in [3.05, 3.63) is 39.9 Å². The molecule has 0 bridgehead atoms. The Morgan fingerprint density at radius 2 is 1.92 bits per heavy atom. The average molecular weight is 379 g/mol. The number of aliphatic carboxylic acids is 1. The number of hydrogen-bond donors (Lipinski definition) is 2. The van der Waals surface area contributed by atoms with E-state index in [1.807, 2.05) is 0 Å². The molecule has 0 unspecified atom stereocenters. The van der Waals surface area contributed by atoms with Gasteiger partial charge in [-0.2, -0.15) is 0 Å². The Morgan fingerprint density at radius 3 is 2.50 bits per heavy atom. The van der Waals surface area contributed by atoms with Crippen molar-refractivity contribution < 1.29 is 24.4 Å². The number of amides is 2. The van der Waals surface area contributed by atoms with Crippen LogP contribution in [0.4, 0.5) is 5.69 Å². The lowest BCUT2D eigenvalue weighted by molar-refractivity contribution is -0.385. The number of β-lactam (4-membered cyclic amide) rings is 1. The summed E-state index contributed by atoms with van der Waals surface area (Å²) in [6.07, 6.45) is 0. The molecular weight excluding hydrogens is 362 g/mol. The van der Waals surface area contributed by atoms with Gasteiger partial charge in [0, 0.05) is 10.8 Å². The van der Waals surface area contributed by atoms with Crippen molar-refractivity contribution in [1.82, 2.24) is 10.2 Å². The van der Waals surface area contributed by atoms with Gasteiger partial charge < -0.3 is 15.3 Å². The van der Waals surface area contributed by atoms with Crippen molar-refractivity contribution in [1.29, 1.82) is 0 Å². The summed E-state index contributed by atoms with van der Waals surface area (Å²) in [5.74, 6) is -2.37. The van der Waals surface area contributed by atoms with Crippen molar-refractivity contribution in [2.75, 3.05) is 0 Å². The summed E-state index contributed by atoms with van der Waals surface area (Å²) in [5.41, 5.74) is -1.84. The van der Waals surface area contributed by atoms with Crippen LogP contribution in [0.5, 0.6) is 0 Å². The number of thioether (sulfide) groups is 1. The molecule has 1 aromatic rings. The number of benzene rings is 1. The molecule has 3 atom stereocenters. The fourth-order valence-electron chi connectivity index (χ4n) is 3.47. The second-order valence-corrected chi connectivity index (χ2v) is 8.69. The zero-order chi connectivity index (χ0) is 19.4. The molecule has 0 radical (unpaired) electrons. The number of para-hydroxylation sites is 1. The average Bonchev–Trinajstić information content (AvgIpc) is 2.84. The molecule has 2 fully saturated rings. The quantitative estimate of drug-likeness (QED) is 0.457. The van der Waals surface area contributed by atoms with E-state index in [2.05, 4.69) is 5.32 Å². The number of carbonyl (C=O) groups is 3. The van der Waals surface area contributed by atoms with Gasteiger partial charge in [0.25, 0.3) is 17.5 Å². The number of carbonyl (C=O) groups excluding carboxylic acids is 2. The largest absolute Gasteiger partial charge is 0.480 e. The van der Waals surface area contributed by atoms with Crippen LogP contribution in [0.25, 0.3) is 0 Å². The van der Waals surface area contributed by atoms with E-state index in [1.54, 1.807) is 13.8 Å². The van der Waals surface area contributed by atoms with Gasteiger partial charge in [-0.25, -0.2) is 4.79 Å². The molecule has 2 heterocycles. The van der Waals surface area contributed by atoms with Crippen LogP contribution in [-0.2, 0) is 9.59 Å². The molecule has 26 heavy (non-hydrogen) atoms. The summed E-state index contributed by atoms with van der Waals surface area (Å²) in [6.45, 7) is 4.97. The Hall–Kier alpha value is -2.62. The highest BCUT2D eigenvalue weighted by Gasteiger charge is 2.70. The number of nitro benzene ring substituents is 1. The minimum absolute atomic E-state index is 0.151. The topological polar surface area (TPSA) is 130 Å². The second-order valence-electron chi connectivity index (χ2n) is 6.96. The van der Waals surface area contributed by atoms with Gasteiger partial charge >= 0.3 is 5.97 Å². The van der Waals surface area contributed by atoms with Gasteiger partial charge in [0.05, 0.1) is 4.92 Å². The van der Waals surface area contributed by atoms with Crippen LogP contribution < -0.4 is 5.32 Å². The SMILES string of the molecule is CC1(C)S[C@H]2N(C(=O)[C@]2(C)NC(=O)c2ccccc2[N+](=O)[O-])[C@H]1C(=O)O. The van der Waals surface area contributed by atoms with E-state index in [4.69, 9.17) is 0 Å².